The van der Waals surface area contributed by atoms with Crippen molar-refractivity contribution < 1.29 is 9.53 Å². The fourth-order valence-electron chi connectivity index (χ4n) is 2.63. The summed E-state index contributed by atoms with van der Waals surface area (Å²) in [6, 6.07) is 14.5. The number of amides is 1. The van der Waals surface area contributed by atoms with Crippen molar-refractivity contribution >= 4 is 29.1 Å². The fourth-order valence-corrected chi connectivity index (χ4v) is 3.02. The second-order valence-corrected chi connectivity index (χ2v) is 6.73. The van der Waals surface area contributed by atoms with Gasteiger partial charge in [0, 0.05) is 17.1 Å². The Morgan fingerprint density at radius 2 is 2.00 bits per heavy atom. The highest BCUT2D eigenvalue weighted by Gasteiger charge is 2.11. The lowest BCUT2D eigenvalue weighted by molar-refractivity contribution is 0.0949. The summed E-state index contributed by atoms with van der Waals surface area (Å²) in [4.78, 5) is 12.5. The fraction of sp³-hybridized carbons (Fsp3) is 0.200. The second kappa shape index (κ2) is 8.93. The van der Waals surface area contributed by atoms with E-state index >= 15 is 0 Å². The van der Waals surface area contributed by atoms with E-state index in [1.54, 1.807) is 35.1 Å². The minimum absolute atomic E-state index is 0.181. The van der Waals surface area contributed by atoms with Crippen molar-refractivity contribution in [2.45, 2.75) is 26.6 Å². The molecule has 5 nitrogen and oxygen atoms in total. The van der Waals surface area contributed by atoms with Gasteiger partial charge in [0.2, 0.25) is 0 Å². The van der Waals surface area contributed by atoms with E-state index < -0.39 is 0 Å². The van der Waals surface area contributed by atoms with Crippen LogP contribution in [-0.4, -0.2) is 15.7 Å². The van der Waals surface area contributed by atoms with Crippen molar-refractivity contribution in [1.29, 1.82) is 0 Å². The molecule has 2 aromatic carbocycles. The van der Waals surface area contributed by atoms with Crippen molar-refractivity contribution in [1.82, 2.24) is 15.1 Å². The molecule has 7 heteroatoms. The molecular formula is C20H19Cl2N3O2. The largest absolute Gasteiger partial charge is 0.489 e. The first-order chi connectivity index (χ1) is 13.1. The van der Waals surface area contributed by atoms with Crippen LogP contribution in [-0.2, 0) is 19.7 Å². The first kappa shape index (κ1) is 19.3. The maximum absolute atomic E-state index is 12.5. The van der Waals surface area contributed by atoms with Gasteiger partial charge in [0.15, 0.2) is 0 Å². The predicted octanol–water partition coefficient (Wildman–Crippen LogP) is 4.72. The van der Waals surface area contributed by atoms with Crippen LogP contribution in [0.1, 0.15) is 28.5 Å². The third-order valence-corrected chi connectivity index (χ3v) is 4.56. The van der Waals surface area contributed by atoms with Gasteiger partial charge in [-0.15, -0.1) is 0 Å². The van der Waals surface area contributed by atoms with Crippen LogP contribution in [0.25, 0.3) is 0 Å². The number of carbonyl (C=O) groups is 1. The van der Waals surface area contributed by atoms with Gasteiger partial charge >= 0.3 is 0 Å². The molecule has 0 saturated carbocycles. The van der Waals surface area contributed by atoms with E-state index in [0.29, 0.717) is 41.1 Å². The lowest BCUT2D eigenvalue weighted by Gasteiger charge is -2.10. The Hall–Kier alpha value is -2.50. The highest BCUT2D eigenvalue weighted by molar-refractivity contribution is 6.31. The molecule has 0 saturated heterocycles. The Labute approximate surface area is 167 Å². The smallest absolute Gasteiger partial charge is 0.251 e. The lowest BCUT2D eigenvalue weighted by atomic mass is 10.1. The van der Waals surface area contributed by atoms with E-state index in [0.717, 1.165) is 11.3 Å². The lowest BCUT2D eigenvalue weighted by Crippen LogP contribution is -2.24. The maximum atomic E-state index is 12.5. The SMILES string of the molecule is CCn1ncc(Cl)c1CNC(=O)c1cccc(COc2cccc(Cl)c2)c1. The summed E-state index contributed by atoms with van der Waals surface area (Å²) >= 11 is 12.1. The average molecular weight is 404 g/mol. The molecule has 0 spiro atoms. The molecular weight excluding hydrogens is 385 g/mol. The summed E-state index contributed by atoms with van der Waals surface area (Å²) in [5.74, 6) is 0.499. The molecule has 1 aromatic heterocycles. The molecule has 0 bridgehead atoms. The number of hydrogen-bond acceptors (Lipinski definition) is 3. The van der Waals surface area contributed by atoms with Crippen LogP contribution < -0.4 is 10.1 Å². The summed E-state index contributed by atoms with van der Waals surface area (Å²) in [7, 11) is 0. The zero-order valence-corrected chi connectivity index (χ0v) is 16.3. The molecule has 0 aliphatic heterocycles. The van der Waals surface area contributed by atoms with Crippen molar-refractivity contribution in [3.05, 3.63) is 81.6 Å². The van der Waals surface area contributed by atoms with Gasteiger partial charge in [0.25, 0.3) is 5.91 Å². The van der Waals surface area contributed by atoms with Crippen molar-refractivity contribution in [3.63, 3.8) is 0 Å². The minimum Gasteiger partial charge on any atom is -0.489 e. The van der Waals surface area contributed by atoms with E-state index in [1.807, 2.05) is 31.2 Å². The zero-order chi connectivity index (χ0) is 19.2. The van der Waals surface area contributed by atoms with Crippen LogP contribution in [0, 0.1) is 0 Å². The van der Waals surface area contributed by atoms with Crippen molar-refractivity contribution in [2.75, 3.05) is 0 Å². The molecule has 27 heavy (non-hydrogen) atoms. The molecule has 0 aliphatic carbocycles. The molecule has 0 fully saturated rings. The molecule has 3 rings (SSSR count). The molecule has 1 amide bonds. The van der Waals surface area contributed by atoms with Crippen LogP contribution in [0.2, 0.25) is 10.0 Å². The highest BCUT2D eigenvalue weighted by Crippen LogP contribution is 2.19. The van der Waals surface area contributed by atoms with E-state index in [9.17, 15) is 4.79 Å². The van der Waals surface area contributed by atoms with E-state index in [-0.39, 0.29) is 5.91 Å². The summed E-state index contributed by atoms with van der Waals surface area (Å²) in [6.45, 7) is 3.32. The normalized spacial score (nSPS) is 10.6. The Morgan fingerprint density at radius 3 is 2.78 bits per heavy atom. The second-order valence-electron chi connectivity index (χ2n) is 5.88. The molecule has 0 atom stereocenters. The minimum atomic E-state index is -0.181. The number of nitrogens with zero attached hydrogens (tertiary/aromatic N) is 2. The number of nitrogens with one attached hydrogen (secondary N) is 1. The van der Waals surface area contributed by atoms with Crippen LogP contribution in [0.15, 0.2) is 54.7 Å². The number of aromatic nitrogens is 2. The van der Waals surface area contributed by atoms with Crippen LogP contribution in [0.3, 0.4) is 0 Å². The van der Waals surface area contributed by atoms with E-state index in [4.69, 9.17) is 27.9 Å². The van der Waals surface area contributed by atoms with Crippen LogP contribution in [0.4, 0.5) is 0 Å². The van der Waals surface area contributed by atoms with Crippen LogP contribution >= 0.6 is 23.2 Å². The Morgan fingerprint density at radius 1 is 1.19 bits per heavy atom. The molecule has 0 radical (unpaired) electrons. The molecule has 0 unspecified atom stereocenters. The van der Waals surface area contributed by atoms with Gasteiger partial charge in [-0.3, -0.25) is 9.48 Å². The Balaban J connectivity index is 1.62. The standard InChI is InChI=1S/C20H19Cl2N3O2/c1-2-25-19(18(22)11-24-25)12-23-20(26)15-6-3-5-14(9-15)13-27-17-8-4-7-16(21)10-17/h3-11H,2,12-13H2,1H3,(H,23,26). The molecule has 0 aliphatic rings. The van der Waals surface area contributed by atoms with Crippen molar-refractivity contribution in [2.24, 2.45) is 0 Å². The summed E-state index contributed by atoms with van der Waals surface area (Å²) in [5, 5.41) is 8.21. The summed E-state index contributed by atoms with van der Waals surface area (Å²) in [5.41, 5.74) is 2.23. The number of benzene rings is 2. The molecule has 140 valence electrons. The van der Waals surface area contributed by atoms with Gasteiger partial charge in [0.1, 0.15) is 12.4 Å². The topological polar surface area (TPSA) is 56.2 Å². The number of aryl methyl sites for hydroxylation is 1. The highest BCUT2D eigenvalue weighted by atomic mass is 35.5. The first-order valence-corrected chi connectivity index (χ1v) is 9.28. The Bertz CT molecular complexity index is 940. The van der Waals surface area contributed by atoms with Gasteiger partial charge in [-0.05, 0) is 42.8 Å². The van der Waals surface area contributed by atoms with Gasteiger partial charge < -0.3 is 10.1 Å². The molecule has 1 N–H and O–H groups in total. The van der Waals surface area contributed by atoms with Crippen LogP contribution in [0.5, 0.6) is 5.75 Å². The summed E-state index contributed by atoms with van der Waals surface area (Å²) < 4.78 is 7.49. The quantitative estimate of drug-likeness (QED) is 0.620. The van der Waals surface area contributed by atoms with Gasteiger partial charge in [-0.25, -0.2) is 0 Å². The number of carbonyl (C=O) groups excluding carboxylic acids is 1. The number of halogens is 2. The number of rotatable bonds is 7. The van der Waals surface area contributed by atoms with Gasteiger partial charge in [-0.2, -0.15) is 5.10 Å². The zero-order valence-electron chi connectivity index (χ0n) is 14.8. The third kappa shape index (κ3) is 5.02. The first-order valence-electron chi connectivity index (χ1n) is 8.52. The van der Waals surface area contributed by atoms with Gasteiger partial charge in [0.05, 0.1) is 23.5 Å². The third-order valence-electron chi connectivity index (χ3n) is 4.00. The van der Waals surface area contributed by atoms with E-state index in [2.05, 4.69) is 10.4 Å². The summed E-state index contributed by atoms with van der Waals surface area (Å²) in [6.07, 6.45) is 1.58. The molecule has 1 heterocycles. The number of ether oxygens (including phenoxy) is 1. The Kier molecular flexibility index (Phi) is 6.37. The maximum Gasteiger partial charge on any atom is 0.251 e. The molecule has 3 aromatic rings. The number of hydrogen-bond donors (Lipinski definition) is 1. The average Bonchev–Trinajstić information content (AvgIpc) is 3.04. The van der Waals surface area contributed by atoms with E-state index in [1.165, 1.54) is 0 Å². The van der Waals surface area contributed by atoms with Crippen molar-refractivity contribution in [3.8, 4) is 5.75 Å². The monoisotopic (exact) mass is 403 g/mol. The van der Waals surface area contributed by atoms with Gasteiger partial charge in [-0.1, -0.05) is 41.4 Å². The predicted molar refractivity (Wildman–Crippen MR) is 106 cm³/mol.